The van der Waals surface area contributed by atoms with Crippen LogP contribution in [0.1, 0.15) is 44.6 Å². The molecule has 0 aliphatic heterocycles. The van der Waals surface area contributed by atoms with Gasteiger partial charge >= 0.3 is 5.97 Å². The maximum absolute atomic E-state index is 13.0. The molecule has 1 aromatic carbocycles. The van der Waals surface area contributed by atoms with E-state index in [2.05, 4.69) is 5.32 Å². The summed E-state index contributed by atoms with van der Waals surface area (Å²) in [4.78, 5) is 12.2. The van der Waals surface area contributed by atoms with Gasteiger partial charge in [-0.2, -0.15) is 0 Å². The predicted octanol–water partition coefficient (Wildman–Crippen LogP) is 3.22. The first-order valence-electron chi connectivity index (χ1n) is 7.64. The van der Waals surface area contributed by atoms with Crippen LogP contribution in [0.4, 0.5) is 4.39 Å². The van der Waals surface area contributed by atoms with E-state index in [-0.39, 0.29) is 11.8 Å². The van der Waals surface area contributed by atoms with E-state index < -0.39 is 5.54 Å². The van der Waals surface area contributed by atoms with Crippen LogP contribution in [-0.4, -0.2) is 24.7 Å². The molecule has 0 bridgehead atoms. The van der Waals surface area contributed by atoms with E-state index >= 15 is 0 Å². The van der Waals surface area contributed by atoms with Crippen LogP contribution in [0.15, 0.2) is 24.3 Å². The van der Waals surface area contributed by atoms with E-state index in [1.807, 2.05) is 6.92 Å². The number of hydrogen-bond acceptors (Lipinski definition) is 3. The third kappa shape index (κ3) is 4.27. The summed E-state index contributed by atoms with van der Waals surface area (Å²) in [6, 6.07) is 6.64. The molecule has 1 aliphatic rings. The highest BCUT2D eigenvalue weighted by Gasteiger charge is 2.36. The summed E-state index contributed by atoms with van der Waals surface area (Å²) < 4.78 is 18.0. The lowest BCUT2D eigenvalue weighted by Gasteiger charge is -2.34. The smallest absolute Gasteiger partial charge is 0.326 e. The number of ether oxygens (including phenoxy) is 1. The number of halogens is 1. The summed E-state index contributed by atoms with van der Waals surface area (Å²) in [5.74, 6) is -0.531. The van der Waals surface area contributed by atoms with Crippen LogP contribution in [0.3, 0.4) is 0 Å². The summed E-state index contributed by atoms with van der Waals surface area (Å²) in [7, 11) is 1.41. The predicted molar refractivity (Wildman–Crippen MR) is 80.5 cm³/mol. The molecule has 4 heteroatoms. The van der Waals surface area contributed by atoms with Crippen molar-refractivity contribution in [2.24, 2.45) is 0 Å². The fraction of sp³-hybridized carbons (Fsp3) is 0.588. The largest absolute Gasteiger partial charge is 0.468 e. The Bertz CT molecular complexity index is 468. The molecule has 0 saturated heterocycles. The number of benzene rings is 1. The van der Waals surface area contributed by atoms with E-state index in [0.717, 1.165) is 18.4 Å². The van der Waals surface area contributed by atoms with E-state index in [1.54, 1.807) is 12.1 Å². The monoisotopic (exact) mass is 293 g/mol. The second kappa shape index (κ2) is 7.03. The number of nitrogens with one attached hydrogen (secondary N) is 1. The number of esters is 1. The first-order valence-corrected chi connectivity index (χ1v) is 7.64. The average Bonchev–Trinajstić information content (AvgIpc) is 2.49. The Hall–Kier alpha value is -1.42. The van der Waals surface area contributed by atoms with E-state index in [1.165, 1.54) is 38.5 Å². The van der Waals surface area contributed by atoms with Gasteiger partial charge in [0.2, 0.25) is 0 Å². The van der Waals surface area contributed by atoms with Crippen LogP contribution in [-0.2, 0) is 16.0 Å². The van der Waals surface area contributed by atoms with Gasteiger partial charge in [-0.1, -0.05) is 31.4 Å². The van der Waals surface area contributed by atoms with Crippen molar-refractivity contribution in [1.29, 1.82) is 0 Å². The van der Waals surface area contributed by atoms with Gasteiger partial charge in [-0.05, 0) is 37.5 Å². The zero-order chi connectivity index (χ0) is 15.3. The number of rotatable bonds is 5. The molecule has 116 valence electrons. The molecule has 3 nitrogen and oxygen atoms in total. The molecule has 1 unspecified atom stereocenters. The van der Waals surface area contributed by atoms with Gasteiger partial charge < -0.3 is 4.74 Å². The molecule has 1 fully saturated rings. The third-order valence-electron chi connectivity index (χ3n) is 4.23. The Morgan fingerprint density at radius 3 is 2.48 bits per heavy atom. The van der Waals surface area contributed by atoms with Gasteiger partial charge in [0.25, 0.3) is 0 Å². The molecule has 1 saturated carbocycles. The Kier molecular flexibility index (Phi) is 5.34. The zero-order valence-corrected chi connectivity index (χ0v) is 12.8. The van der Waals surface area contributed by atoms with Crippen LogP contribution < -0.4 is 5.32 Å². The lowest BCUT2D eigenvalue weighted by molar-refractivity contribution is -0.148. The normalized spacial score (nSPS) is 19.0. The van der Waals surface area contributed by atoms with Crippen molar-refractivity contribution in [1.82, 2.24) is 5.32 Å². The van der Waals surface area contributed by atoms with Gasteiger partial charge in [0.1, 0.15) is 11.4 Å². The van der Waals surface area contributed by atoms with E-state index in [4.69, 9.17) is 4.74 Å². The van der Waals surface area contributed by atoms with Crippen molar-refractivity contribution < 1.29 is 13.9 Å². The minimum Gasteiger partial charge on any atom is -0.468 e. The van der Waals surface area contributed by atoms with Crippen molar-refractivity contribution >= 4 is 5.97 Å². The highest BCUT2D eigenvalue weighted by atomic mass is 19.1. The van der Waals surface area contributed by atoms with Crippen LogP contribution in [0.5, 0.6) is 0 Å². The standard InChI is InChI=1S/C17H24FNO2/c1-17(16(20)21-2,19-15-6-4-3-5-7-15)12-13-8-10-14(18)11-9-13/h8-11,15,19H,3-7,12H2,1-2H3. The van der Waals surface area contributed by atoms with E-state index in [0.29, 0.717) is 12.5 Å². The lowest BCUT2D eigenvalue weighted by Crippen LogP contribution is -2.56. The molecule has 1 aliphatic carbocycles. The van der Waals surface area contributed by atoms with Crippen molar-refractivity contribution in [2.75, 3.05) is 7.11 Å². The van der Waals surface area contributed by atoms with Gasteiger partial charge in [-0.15, -0.1) is 0 Å². The van der Waals surface area contributed by atoms with Gasteiger partial charge in [0.15, 0.2) is 0 Å². The molecule has 1 atom stereocenters. The summed E-state index contributed by atoms with van der Waals surface area (Å²) in [6.07, 6.45) is 6.35. The van der Waals surface area contributed by atoms with Crippen LogP contribution >= 0.6 is 0 Å². The molecule has 1 N–H and O–H groups in total. The second-order valence-electron chi connectivity index (χ2n) is 6.11. The fourth-order valence-corrected chi connectivity index (χ4v) is 3.12. The Morgan fingerprint density at radius 1 is 1.29 bits per heavy atom. The number of carbonyl (C=O) groups excluding carboxylic acids is 1. The molecule has 1 aromatic rings. The fourth-order valence-electron chi connectivity index (χ4n) is 3.12. The molecule has 0 amide bonds. The number of hydrogen-bond donors (Lipinski definition) is 1. The Labute approximate surface area is 125 Å². The molecule has 0 spiro atoms. The molecular weight excluding hydrogens is 269 g/mol. The SMILES string of the molecule is COC(=O)C(C)(Cc1ccc(F)cc1)NC1CCCCC1. The highest BCUT2D eigenvalue weighted by molar-refractivity contribution is 5.80. The van der Waals surface area contributed by atoms with Gasteiger partial charge in [-0.3, -0.25) is 10.1 Å². The van der Waals surface area contributed by atoms with Crippen LogP contribution in [0, 0.1) is 5.82 Å². The maximum Gasteiger partial charge on any atom is 0.326 e. The van der Waals surface area contributed by atoms with Crippen molar-refractivity contribution in [3.63, 3.8) is 0 Å². The van der Waals surface area contributed by atoms with Crippen LogP contribution in [0.2, 0.25) is 0 Å². The summed E-state index contributed by atoms with van der Waals surface area (Å²) in [5.41, 5.74) is 0.154. The molecule has 0 radical (unpaired) electrons. The van der Waals surface area contributed by atoms with Gasteiger partial charge in [0.05, 0.1) is 7.11 Å². The first kappa shape index (κ1) is 16.0. The zero-order valence-electron chi connectivity index (χ0n) is 12.8. The molecule has 0 heterocycles. The second-order valence-corrected chi connectivity index (χ2v) is 6.11. The highest BCUT2D eigenvalue weighted by Crippen LogP contribution is 2.23. The molecular formula is C17H24FNO2. The van der Waals surface area contributed by atoms with Gasteiger partial charge in [0, 0.05) is 12.5 Å². The number of methoxy groups -OCH3 is 1. The molecule has 21 heavy (non-hydrogen) atoms. The minimum atomic E-state index is -0.769. The topological polar surface area (TPSA) is 38.3 Å². The van der Waals surface area contributed by atoms with Crippen molar-refractivity contribution in [2.45, 2.75) is 57.0 Å². The summed E-state index contributed by atoms with van der Waals surface area (Å²) in [5, 5.41) is 3.48. The Balaban J connectivity index is 2.11. The quantitative estimate of drug-likeness (QED) is 0.847. The summed E-state index contributed by atoms with van der Waals surface area (Å²) in [6.45, 7) is 1.87. The third-order valence-corrected chi connectivity index (χ3v) is 4.23. The van der Waals surface area contributed by atoms with Gasteiger partial charge in [-0.25, -0.2) is 4.39 Å². The molecule has 0 aromatic heterocycles. The van der Waals surface area contributed by atoms with Crippen LogP contribution in [0.25, 0.3) is 0 Å². The van der Waals surface area contributed by atoms with E-state index in [9.17, 15) is 9.18 Å². The maximum atomic E-state index is 13.0. The number of carbonyl (C=O) groups is 1. The average molecular weight is 293 g/mol. The molecule has 2 rings (SSSR count). The first-order chi connectivity index (χ1) is 10.0. The van der Waals surface area contributed by atoms with Crippen molar-refractivity contribution in [3.05, 3.63) is 35.6 Å². The Morgan fingerprint density at radius 2 is 1.90 bits per heavy atom. The lowest BCUT2D eigenvalue weighted by atomic mass is 9.88. The summed E-state index contributed by atoms with van der Waals surface area (Å²) >= 11 is 0. The minimum absolute atomic E-state index is 0.265. The van der Waals surface area contributed by atoms with Crippen molar-refractivity contribution in [3.8, 4) is 0 Å².